The van der Waals surface area contributed by atoms with Gasteiger partial charge in [0.15, 0.2) is 0 Å². The molecule has 2 nitrogen and oxygen atoms in total. The van der Waals surface area contributed by atoms with Crippen molar-refractivity contribution in [3.05, 3.63) is 21.9 Å². The van der Waals surface area contributed by atoms with Gasteiger partial charge in [-0.2, -0.15) is 0 Å². The van der Waals surface area contributed by atoms with E-state index in [-0.39, 0.29) is 17.3 Å². The van der Waals surface area contributed by atoms with E-state index in [2.05, 4.69) is 0 Å². The summed E-state index contributed by atoms with van der Waals surface area (Å²) in [7, 11) is 0. The number of ether oxygens (including phenoxy) is 1. The van der Waals surface area contributed by atoms with Crippen LogP contribution in [0, 0.1) is 12.3 Å². The highest BCUT2D eigenvalue weighted by Gasteiger charge is 2.33. The van der Waals surface area contributed by atoms with Crippen LogP contribution < -0.4 is 0 Å². The number of hydrogen-bond acceptors (Lipinski definition) is 3. The van der Waals surface area contributed by atoms with Crippen molar-refractivity contribution in [2.75, 3.05) is 6.61 Å². The van der Waals surface area contributed by atoms with Gasteiger partial charge >= 0.3 is 0 Å². The van der Waals surface area contributed by atoms with Gasteiger partial charge in [-0.1, -0.05) is 20.8 Å². The van der Waals surface area contributed by atoms with Gasteiger partial charge in [-0.25, -0.2) is 0 Å². The van der Waals surface area contributed by atoms with Crippen LogP contribution in [0.15, 0.2) is 12.1 Å². The van der Waals surface area contributed by atoms with Gasteiger partial charge in [-0.05, 0) is 31.4 Å². The largest absolute Gasteiger partial charge is 0.370 e. The molecule has 0 radical (unpaired) electrons. The molecule has 1 unspecified atom stereocenters. The zero-order valence-corrected chi connectivity index (χ0v) is 11.5. The first-order valence-electron chi connectivity index (χ1n) is 5.58. The molecular formula is C13H20O2S. The minimum atomic E-state index is -0.351. The van der Waals surface area contributed by atoms with E-state index in [0.29, 0.717) is 6.61 Å². The normalized spacial score (nSPS) is 13.8. The minimum Gasteiger partial charge on any atom is -0.370 e. The second kappa shape index (κ2) is 5.11. The van der Waals surface area contributed by atoms with Gasteiger partial charge in [-0.3, -0.25) is 4.79 Å². The Morgan fingerprint density at radius 1 is 1.44 bits per heavy atom. The summed E-state index contributed by atoms with van der Waals surface area (Å²) in [5, 5.41) is 0. The third kappa shape index (κ3) is 3.16. The van der Waals surface area contributed by atoms with E-state index < -0.39 is 0 Å². The van der Waals surface area contributed by atoms with Crippen molar-refractivity contribution in [2.24, 2.45) is 5.41 Å². The maximum atomic E-state index is 12.3. The van der Waals surface area contributed by atoms with Crippen molar-refractivity contribution in [2.45, 2.75) is 40.7 Å². The Hall–Kier alpha value is -0.670. The molecule has 0 aliphatic heterocycles. The van der Waals surface area contributed by atoms with Crippen LogP contribution >= 0.6 is 11.3 Å². The molecule has 3 heteroatoms. The first kappa shape index (κ1) is 13.4. The number of carbonyl (C=O) groups excluding carboxylic acids is 1. The molecule has 0 amide bonds. The van der Waals surface area contributed by atoms with Crippen molar-refractivity contribution >= 4 is 17.1 Å². The van der Waals surface area contributed by atoms with E-state index in [1.54, 1.807) is 0 Å². The Labute approximate surface area is 102 Å². The van der Waals surface area contributed by atoms with Gasteiger partial charge in [0, 0.05) is 11.5 Å². The fraction of sp³-hybridized carbons (Fsp3) is 0.615. The average molecular weight is 240 g/mol. The fourth-order valence-corrected chi connectivity index (χ4v) is 2.41. The zero-order valence-electron chi connectivity index (χ0n) is 10.7. The fourth-order valence-electron chi connectivity index (χ4n) is 1.58. The molecule has 0 aromatic carbocycles. The van der Waals surface area contributed by atoms with Crippen LogP contribution in [0.1, 0.15) is 42.2 Å². The summed E-state index contributed by atoms with van der Waals surface area (Å²) < 4.78 is 5.59. The second-order valence-electron chi connectivity index (χ2n) is 4.98. The Morgan fingerprint density at radius 2 is 2.06 bits per heavy atom. The number of Topliss-reactive ketones (excluding diaryl/α,β-unsaturated/α-hetero) is 1. The molecule has 0 aliphatic carbocycles. The lowest BCUT2D eigenvalue weighted by molar-refractivity contribution is 0.0000791. The Kier molecular flexibility index (Phi) is 4.28. The van der Waals surface area contributed by atoms with Crippen LogP contribution in [0.5, 0.6) is 0 Å². The molecule has 0 saturated heterocycles. The first-order chi connectivity index (χ1) is 7.36. The van der Waals surface area contributed by atoms with Gasteiger partial charge in [0.1, 0.15) is 6.10 Å². The molecular weight excluding hydrogens is 220 g/mol. The summed E-state index contributed by atoms with van der Waals surface area (Å²) in [6.07, 6.45) is -0.351. The molecule has 1 heterocycles. The average Bonchev–Trinajstić information content (AvgIpc) is 2.58. The lowest BCUT2D eigenvalue weighted by Gasteiger charge is -2.28. The maximum Gasteiger partial charge on any atom is 0.201 e. The number of thiophene rings is 1. The van der Waals surface area contributed by atoms with Gasteiger partial charge in [0.05, 0.1) is 4.88 Å². The minimum absolute atomic E-state index is 0.104. The summed E-state index contributed by atoms with van der Waals surface area (Å²) in [5.41, 5.74) is -0.162. The van der Waals surface area contributed by atoms with Crippen LogP contribution in [-0.4, -0.2) is 18.5 Å². The summed E-state index contributed by atoms with van der Waals surface area (Å²) in [4.78, 5) is 14.2. The van der Waals surface area contributed by atoms with Gasteiger partial charge < -0.3 is 4.74 Å². The van der Waals surface area contributed by atoms with E-state index in [9.17, 15) is 4.79 Å². The van der Waals surface area contributed by atoms with Crippen LogP contribution in [0.25, 0.3) is 0 Å². The molecule has 90 valence electrons. The van der Waals surface area contributed by atoms with Crippen molar-refractivity contribution in [1.82, 2.24) is 0 Å². The van der Waals surface area contributed by atoms with Gasteiger partial charge in [0.2, 0.25) is 5.78 Å². The predicted molar refractivity (Wildman–Crippen MR) is 68.3 cm³/mol. The Morgan fingerprint density at radius 3 is 2.44 bits per heavy atom. The third-order valence-electron chi connectivity index (χ3n) is 2.34. The van der Waals surface area contributed by atoms with E-state index in [1.807, 2.05) is 46.8 Å². The molecule has 1 aromatic rings. The number of hydrogen-bond donors (Lipinski definition) is 0. The lowest BCUT2D eigenvalue weighted by Crippen LogP contribution is -2.36. The summed E-state index contributed by atoms with van der Waals surface area (Å²) in [6.45, 7) is 10.6. The first-order valence-corrected chi connectivity index (χ1v) is 6.40. The quantitative estimate of drug-likeness (QED) is 0.750. The number of ketones is 1. The topological polar surface area (TPSA) is 26.3 Å². The number of rotatable bonds is 4. The van der Waals surface area contributed by atoms with Crippen LogP contribution in [0.4, 0.5) is 0 Å². The molecule has 0 aliphatic rings. The van der Waals surface area contributed by atoms with E-state index in [0.717, 1.165) is 9.75 Å². The monoisotopic (exact) mass is 240 g/mol. The molecule has 0 fully saturated rings. The molecule has 0 bridgehead atoms. The van der Waals surface area contributed by atoms with Crippen molar-refractivity contribution in [3.8, 4) is 0 Å². The predicted octanol–water partition coefficient (Wildman–Crippen LogP) is 3.69. The van der Waals surface area contributed by atoms with Crippen molar-refractivity contribution in [3.63, 3.8) is 0 Å². The van der Waals surface area contributed by atoms with Gasteiger partial charge in [-0.15, -0.1) is 11.3 Å². The maximum absolute atomic E-state index is 12.3. The molecule has 0 spiro atoms. The molecule has 16 heavy (non-hydrogen) atoms. The van der Waals surface area contributed by atoms with E-state index in [4.69, 9.17) is 4.74 Å². The number of carbonyl (C=O) groups is 1. The third-order valence-corrected chi connectivity index (χ3v) is 3.36. The van der Waals surface area contributed by atoms with Crippen LogP contribution in [0.2, 0.25) is 0 Å². The van der Waals surface area contributed by atoms with E-state index >= 15 is 0 Å². The zero-order chi connectivity index (χ0) is 12.3. The highest BCUT2D eigenvalue weighted by atomic mass is 32.1. The molecule has 1 aromatic heterocycles. The molecule has 0 saturated carbocycles. The highest BCUT2D eigenvalue weighted by molar-refractivity contribution is 7.14. The summed E-state index contributed by atoms with van der Waals surface area (Å²) in [6, 6.07) is 3.86. The Bertz CT molecular complexity index is 360. The SMILES string of the molecule is CCOC(C(=O)c1ccc(C)s1)C(C)(C)C. The molecule has 1 rings (SSSR count). The molecule has 0 N–H and O–H groups in total. The van der Waals surface area contributed by atoms with Crippen molar-refractivity contribution in [1.29, 1.82) is 0 Å². The van der Waals surface area contributed by atoms with Crippen LogP contribution in [-0.2, 0) is 4.74 Å². The molecule has 1 atom stereocenters. The number of aryl methyl sites for hydroxylation is 1. The van der Waals surface area contributed by atoms with Crippen molar-refractivity contribution < 1.29 is 9.53 Å². The van der Waals surface area contributed by atoms with Gasteiger partial charge in [0.25, 0.3) is 0 Å². The smallest absolute Gasteiger partial charge is 0.201 e. The lowest BCUT2D eigenvalue weighted by atomic mass is 9.86. The summed E-state index contributed by atoms with van der Waals surface area (Å²) >= 11 is 1.54. The standard InChI is InChI=1S/C13H20O2S/c1-6-15-12(13(3,4)5)11(14)10-8-7-9(2)16-10/h7-8,12H,6H2,1-5H3. The Balaban J connectivity index is 2.91. The summed E-state index contributed by atoms with van der Waals surface area (Å²) in [5.74, 6) is 0.104. The second-order valence-corrected chi connectivity index (χ2v) is 6.26. The highest BCUT2D eigenvalue weighted by Crippen LogP contribution is 2.28. The van der Waals surface area contributed by atoms with Crippen LogP contribution in [0.3, 0.4) is 0 Å². The van der Waals surface area contributed by atoms with E-state index in [1.165, 1.54) is 11.3 Å².